The topological polar surface area (TPSA) is 90.8 Å². The van der Waals surface area contributed by atoms with Gasteiger partial charge < -0.3 is 10.4 Å². The average molecular weight is 517 g/mol. The first-order valence-corrected chi connectivity index (χ1v) is 10.0. The van der Waals surface area contributed by atoms with Crippen LogP contribution in [0.5, 0.6) is 5.75 Å². The summed E-state index contributed by atoms with van der Waals surface area (Å²) in [6.07, 6.45) is 1.47. The quantitative estimate of drug-likeness (QED) is 0.331. The summed E-state index contributed by atoms with van der Waals surface area (Å²) in [6.45, 7) is 0. The molecule has 3 aromatic rings. The fourth-order valence-corrected chi connectivity index (χ4v) is 3.24. The largest absolute Gasteiger partial charge is 0.507 e. The van der Waals surface area contributed by atoms with E-state index in [4.69, 9.17) is 0 Å². The van der Waals surface area contributed by atoms with Gasteiger partial charge in [0.15, 0.2) is 0 Å². The summed E-state index contributed by atoms with van der Waals surface area (Å²) in [6, 6.07) is 18.5. The number of benzene rings is 3. The number of hydrogen-bond acceptors (Lipinski definition) is 4. The van der Waals surface area contributed by atoms with E-state index in [-0.39, 0.29) is 17.6 Å². The summed E-state index contributed by atoms with van der Waals surface area (Å²) >= 11 is 6.56. The Morgan fingerprint density at radius 1 is 0.897 bits per heavy atom. The number of halogens is 2. The molecule has 0 fully saturated rings. The second-order valence-corrected chi connectivity index (χ2v) is 7.63. The molecule has 6 nitrogen and oxygen atoms in total. The van der Waals surface area contributed by atoms with Crippen molar-refractivity contribution in [3.63, 3.8) is 0 Å². The van der Waals surface area contributed by atoms with Gasteiger partial charge >= 0.3 is 0 Å². The van der Waals surface area contributed by atoms with Crippen molar-refractivity contribution in [1.82, 2.24) is 5.43 Å². The average Bonchev–Trinajstić information content (AvgIpc) is 2.71. The molecule has 3 aromatic carbocycles. The Hall–Kier alpha value is -2.97. The predicted octanol–water partition coefficient (Wildman–Crippen LogP) is 4.93. The van der Waals surface area contributed by atoms with Crippen LogP contribution in [0.15, 0.2) is 80.8 Å². The zero-order chi connectivity index (χ0) is 20.8. The number of carbonyl (C=O) groups excluding carboxylic acids is 2. The highest BCUT2D eigenvalue weighted by atomic mass is 79.9. The van der Waals surface area contributed by atoms with E-state index >= 15 is 0 Å². The third-order valence-corrected chi connectivity index (χ3v) is 5.20. The maximum absolute atomic E-state index is 12.3. The number of phenols is 1. The standard InChI is InChI=1S/C21H15Br2N3O3/c22-17-4-2-1-3-16(17)21(29)25-15-8-6-14(7-9-15)20(28)26-24-12-13-5-10-19(27)18(23)11-13/h1-12,27H,(H,25,29)(H,26,28). The second kappa shape index (κ2) is 9.49. The van der Waals surface area contributed by atoms with Gasteiger partial charge in [-0.15, -0.1) is 0 Å². The number of rotatable bonds is 5. The van der Waals surface area contributed by atoms with Crippen LogP contribution >= 0.6 is 31.9 Å². The van der Waals surface area contributed by atoms with Crippen LogP contribution in [0.1, 0.15) is 26.3 Å². The van der Waals surface area contributed by atoms with E-state index in [1.54, 1.807) is 54.6 Å². The molecule has 2 amide bonds. The highest BCUT2D eigenvalue weighted by Crippen LogP contribution is 2.23. The summed E-state index contributed by atoms with van der Waals surface area (Å²) in [5, 5.41) is 16.2. The minimum absolute atomic E-state index is 0.123. The molecule has 29 heavy (non-hydrogen) atoms. The van der Waals surface area contributed by atoms with Crippen molar-refractivity contribution >= 4 is 55.6 Å². The number of hydrazone groups is 1. The van der Waals surface area contributed by atoms with E-state index < -0.39 is 0 Å². The smallest absolute Gasteiger partial charge is 0.271 e. The second-order valence-electron chi connectivity index (χ2n) is 5.92. The Labute approximate surface area is 183 Å². The third-order valence-electron chi connectivity index (χ3n) is 3.87. The van der Waals surface area contributed by atoms with Crippen molar-refractivity contribution < 1.29 is 14.7 Å². The molecular weight excluding hydrogens is 502 g/mol. The monoisotopic (exact) mass is 515 g/mol. The molecule has 0 aromatic heterocycles. The lowest BCUT2D eigenvalue weighted by molar-refractivity contribution is 0.0954. The number of carbonyl (C=O) groups is 2. The first kappa shape index (κ1) is 20.8. The van der Waals surface area contributed by atoms with E-state index in [0.717, 1.165) is 0 Å². The number of amides is 2. The van der Waals surface area contributed by atoms with Gasteiger partial charge in [-0.25, -0.2) is 5.43 Å². The Morgan fingerprint density at radius 3 is 2.31 bits per heavy atom. The molecule has 0 saturated heterocycles. The molecule has 0 heterocycles. The van der Waals surface area contributed by atoms with Gasteiger partial charge in [0, 0.05) is 15.7 Å². The molecular formula is C21H15Br2N3O3. The van der Waals surface area contributed by atoms with E-state index in [2.05, 4.69) is 47.7 Å². The molecule has 0 unspecified atom stereocenters. The summed E-state index contributed by atoms with van der Waals surface area (Å²) < 4.78 is 1.24. The van der Waals surface area contributed by atoms with Crippen LogP contribution in [0.2, 0.25) is 0 Å². The van der Waals surface area contributed by atoms with Gasteiger partial charge in [-0.1, -0.05) is 12.1 Å². The summed E-state index contributed by atoms with van der Waals surface area (Å²) in [5.41, 5.74) is 4.63. The highest BCUT2D eigenvalue weighted by molar-refractivity contribution is 9.10. The molecule has 0 atom stereocenters. The van der Waals surface area contributed by atoms with Crippen molar-refractivity contribution in [2.45, 2.75) is 0 Å². The number of anilines is 1. The van der Waals surface area contributed by atoms with Crippen molar-refractivity contribution in [3.8, 4) is 5.75 Å². The number of hydrogen-bond donors (Lipinski definition) is 3. The van der Waals surface area contributed by atoms with E-state index in [1.165, 1.54) is 12.3 Å². The molecule has 146 valence electrons. The van der Waals surface area contributed by atoms with Gasteiger partial charge in [0.2, 0.25) is 0 Å². The number of nitrogens with zero attached hydrogens (tertiary/aromatic N) is 1. The normalized spacial score (nSPS) is 10.7. The Bertz CT molecular complexity index is 1080. The number of phenolic OH excluding ortho intramolecular Hbond substituents is 1. The van der Waals surface area contributed by atoms with Crippen molar-refractivity contribution in [2.75, 3.05) is 5.32 Å². The lowest BCUT2D eigenvalue weighted by atomic mass is 10.1. The van der Waals surface area contributed by atoms with Gasteiger partial charge in [-0.05, 0) is 92.0 Å². The Balaban J connectivity index is 1.60. The van der Waals surface area contributed by atoms with Gasteiger partial charge in [0.1, 0.15) is 5.75 Å². The molecule has 0 aliphatic carbocycles. The highest BCUT2D eigenvalue weighted by Gasteiger charge is 2.10. The van der Waals surface area contributed by atoms with E-state index in [9.17, 15) is 14.7 Å². The first-order valence-electron chi connectivity index (χ1n) is 8.42. The van der Waals surface area contributed by atoms with Crippen LogP contribution in [0.25, 0.3) is 0 Å². The van der Waals surface area contributed by atoms with Gasteiger partial charge in [-0.3, -0.25) is 9.59 Å². The molecule has 0 bridgehead atoms. The molecule has 8 heteroatoms. The van der Waals surface area contributed by atoms with Crippen molar-refractivity contribution in [2.24, 2.45) is 5.10 Å². The van der Waals surface area contributed by atoms with Crippen LogP contribution in [-0.2, 0) is 0 Å². The lowest BCUT2D eigenvalue weighted by Crippen LogP contribution is -2.18. The van der Waals surface area contributed by atoms with Crippen LogP contribution in [-0.4, -0.2) is 23.1 Å². The summed E-state index contributed by atoms with van der Waals surface area (Å²) in [4.78, 5) is 24.5. The lowest BCUT2D eigenvalue weighted by Gasteiger charge is -2.07. The minimum atomic E-state index is -0.386. The molecule has 0 aliphatic heterocycles. The molecule has 0 aliphatic rings. The van der Waals surface area contributed by atoms with Gasteiger partial charge in [0.25, 0.3) is 11.8 Å². The Kier molecular flexibility index (Phi) is 6.79. The molecule has 0 saturated carbocycles. The third kappa shape index (κ3) is 5.52. The van der Waals surface area contributed by atoms with Crippen LogP contribution < -0.4 is 10.7 Å². The minimum Gasteiger partial charge on any atom is -0.507 e. The Morgan fingerprint density at radius 2 is 1.62 bits per heavy atom. The summed E-state index contributed by atoms with van der Waals surface area (Å²) in [7, 11) is 0. The fourth-order valence-electron chi connectivity index (χ4n) is 2.38. The molecule has 3 N–H and O–H groups in total. The number of aromatic hydroxyl groups is 1. The van der Waals surface area contributed by atoms with Crippen LogP contribution in [0, 0.1) is 0 Å². The zero-order valence-electron chi connectivity index (χ0n) is 14.9. The SMILES string of the molecule is O=C(NN=Cc1ccc(O)c(Br)c1)c1ccc(NC(=O)c2ccccc2Br)cc1. The van der Waals surface area contributed by atoms with Crippen LogP contribution in [0.3, 0.4) is 0 Å². The van der Waals surface area contributed by atoms with Crippen molar-refractivity contribution in [3.05, 3.63) is 92.4 Å². The molecule has 0 spiro atoms. The van der Waals surface area contributed by atoms with E-state index in [0.29, 0.717) is 31.3 Å². The summed E-state index contributed by atoms with van der Waals surface area (Å²) in [5.74, 6) is -0.514. The predicted molar refractivity (Wildman–Crippen MR) is 119 cm³/mol. The number of nitrogens with one attached hydrogen (secondary N) is 2. The fraction of sp³-hybridized carbons (Fsp3) is 0. The maximum Gasteiger partial charge on any atom is 0.271 e. The van der Waals surface area contributed by atoms with Crippen LogP contribution in [0.4, 0.5) is 5.69 Å². The maximum atomic E-state index is 12.3. The van der Waals surface area contributed by atoms with Gasteiger partial charge in [-0.2, -0.15) is 5.10 Å². The zero-order valence-corrected chi connectivity index (χ0v) is 18.1. The van der Waals surface area contributed by atoms with Crippen molar-refractivity contribution in [1.29, 1.82) is 0 Å². The van der Waals surface area contributed by atoms with E-state index in [1.807, 2.05) is 6.07 Å². The molecule has 0 radical (unpaired) electrons. The molecule has 3 rings (SSSR count). The first-order chi connectivity index (χ1) is 13.9. The van der Waals surface area contributed by atoms with Gasteiger partial charge in [0.05, 0.1) is 16.3 Å².